The van der Waals surface area contributed by atoms with E-state index in [0.717, 1.165) is 5.69 Å². The van der Waals surface area contributed by atoms with Gasteiger partial charge in [-0.3, -0.25) is 4.79 Å². The maximum Gasteiger partial charge on any atom is 0.306 e. The van der Waals surface area contributed by atoms with Gasteiger partial charge in [0.15, 0.2) is 0 Å². The van der Waals surface area contributed by atoms with Crippen molar-refractivity contribution in [3.05, 3.63) is 29.8 Å². The summed E-state index contributed by atoms with van der Waals surface area (Å²) in [5.41, 5.74) is 1.57. The summed E-state index contributed by atoms with van der Waals surface area (Å²) in [6, 6.07) is 7.21. The van der Waals surface area contributed by atoms with Gasteiger partial charge in [0.1, 0.15) is 0 Å². The zero-order chi connectivity index (χ0) is 11.4. The third-order valence-electron chi connectivity index (χ3n) is 2.14. The standard InChI is InChI=1S/C11H15NO3/c1-12(2)9-5-3-4-8(6-9)10(13)7-11(14)15/h3-6,10,13H,7H2,1-2H3,(H,14,15)/t10-/m0/s1. The van der Waals surface area contributed by atoms with Gasteiger partial charge >= 0.3 is 5.97 Å². The molecule has 15 heavy (non-hydrogen) atoms. The summed E-state index contributed by atoms with van der Waals surface area (Å²) in [5.74, 6) is -1.00. The number of carbonyl (C=O) groups is 1. The summed E-state index contributed by atoms with van der Waals surface area (Å²) in [7, 11) is 3.78. The molecule has 0 spiro atoms. The van der Waals surface area contributed by atoms with Crippen LogP contribution in [0.1, 0.15) is 18.1 Å². The second kappa shape index (κ2) is 4.79. The first-order valence-corrected chi connectivity index (χ1v) is 4.68. The first kappa shape index (κ1) is 11.5. The van der Waals surface area contributed by atoms with E-state index in [1.54, 1.807) is 18.2 Å². The van der Waals surface area contributed by atoms with Crippen molar-refractivity contribution in [1.29, 1.82) is 0 Å². The SMILES string of the molecule is CN(C)c1cccc([C@@H](O)CC(=O)O)c1. The quantitative estimate of drug-likeness (QED) is 0.783. The van der Waals surface area contributed by atoms with E-state index in [1.807, 2.05) is 25.1 Å². The van der Waals surface area contributed by atoms with Gasteiger partial charge in [0.25, 0.3) is 0 Å². The van der Waals surface area contributed by atoms with Crippen LogP contribution in [0.15, 0.2) is 24.3 Å². The van der Waals surface area contributed by atoms with E-state index in [-0.39, 0.29) is 6.42 Å². The van der Waals surface area contributed by atoms with E-state index in [1.165, 1.54) is 0 Å². The van der Waals surface area contributed by atoms with Gasteiger partial charge in [-0.25, -0.2) is 0 Å². The average molecular weight is 209 g/mol. The minimum absolute atomic E-state index is 0.267. The number of aliphatic hydroxyl groups excluding tert-OH is 1. The Morgan fingerprint density at radius 3 is 2.67 bits per heavy atom. The lowest BCUT2D eigenvalue weighted by Gasteiger charge is -2.15. The first-order chi connectivity index (χ1) is 7.00. The molecule has 1 aromatic carbocycles. The molecule has 0 fully saturated rings. The molecule has 0 saturated heterocycles. The second-order valence-electron chi connectivity index (χ2n) is 3.60. The van der Waals surface area contributed by atoms with Crippen LogP contribution in [0.4, 0.5) is 5.69 Å². The topological polar surface area (TPSA) is 60.8 Å². The highest BCUT2D eigenvalue weighted by Crippen LogP contribution is 2.21. The maximum atomic E-state index is 10.4. The molecule has 0 heterocycles. The molecular weight excluding hydrogens is 194 g/mol. The summed E-state index contributed by atoms with van der Waals surface area (Å²) in [5, 5.41) is 18.2. The fourth-order valence-corrected chi connectivity index (χ4v) is 1.29. The van der Waals surface area contributed by atoms with Gasteiger partial charge in [0, 0.05) is 19.8 Å². The molecule has 1 rings (SSSR count). The van der Waals surface area contributed by atoms with Crippen LogP contribution < -0.4 is 4.90 Å². The predicted molar refractivity (Wildman–Crippen MR) is 58.0 cm³/mol. The van der Waals surface area contributed by atoms with Crippen LogP contribution in [-0.4, -0.2) is 30.3 Å². The molecule has 1 aromatic rings. The molecule has 0 aromatic heterocycles. The minimum Gasteiger partial charge on any atom is -0.481 e. The molecule has 4 heteroatoms. The summed E-state index contributed by atoms with van der Waals surface area (Å²) < 4.78 is 0. The lowest BCUT2D eigenvalue weighted by Crippen LogP contribution is -2.10. The summed E-state index contributed by atoms with van der Waals surface area (Å²) in [6.45, 7) is 0. The zero-order valence-electron chi connectivity index (χ0n) is 8.84. The van der Waals surface area contributed by atoms with Gasteiger partial charge < -0.3 is 15.1 Å². The third kappa shape index (κ3) is 3.25. The van der Waals surface area contributed by atoms with Crippen LogP contribution in [0.5, 0.6) is 0 Å². The Hall–Kier alpha value is -1.55. The Bertz CT molecular complexity index is 349. The molecule has 0 radical (unpaired) electrons. The number of carboxylic acid groups (broad SMARTS) is 1. The Labute approximate surface area is 88.8 Å². The van der Waals surface area contributed by atoms with Crippen LogP contribution >= 0.6 is 0 Å². The van der Waals surface area contributed by atoms with E-state index >= 15 is 0 Å². The lowest BCUT2D eigenvalue weighted by molar-refractivity contribution is -0.139. The highest BCUT2D eigenvalue weighted by atomic mass is 16.4. The molecule has 0 bridgehead atoms. The van der Waals surface area contributed by atoms with Crippen LogP contribution in [0.25, 0.3) is 0 Å². The number of hydrogen-bond donors (Lipinski definition) is 2. The van der Waals surface area contributed by atoms with Crippen molar-refractivity contribution in [3.63, 3.8) is 0 Å². The van der Waals surface area contributed by atoms with E-state index < -0.39 is 12.1 Å². The van der Waals surface area contributed by atoms with Crippen molar-refractivity contribution in [2.45, 2.75) is 12.5 Å². The van der Waals surface area contributed by atoms with Crippen molar-refractivity contribution in [1.82, 2.24) is 0 Å². The summed E-state index contributed by atoms with van der Waals surface area (Å²) >= 11 is 0. The number of anilines is 1. The van der Waals surface area contributed by atoms with Crippen LogP contribution in [0, 0.1) is 0 Å². The van der Waals surface area contributed by atoms with Crippen LogP contribution in [0.2, 0.25) is 0 Å². The first-order valence-electron chi connectivity index (χ1n) is 4.68. The maximum absolute atomic E-state index is 10.4. The zero-order valence-corrected chi connectivity index (χ0v) is 8.84. The summed E-state index contributed by atoms with van der Waals surface area (Å²) in [4.78, 5) is 12.3. The van der Waals surface area contributed by atoms with E-state index in [9.17, 15) is 9.90 Å². The number of rotatable bonds is 4. The predicted octanol–water partition coefficient (Wildman–Crippen LogP) is 1.26. The smallest absolute Gasteiger partial charge is 0.306 e. The van der Waals surface area contributed by atoms with Gasteiger partial charge in [0.2, 0.25) is 0 Å². The molecule has 1 atom stereocenters. The highest BCUT2D eigenvalue weighted by molar-refractivity contribution is 5.67. The Balaban J connectivity index is 2.85. The number of benzene rings is 1. The summed E-state index contributed by atoms with van der Waals surface area (Å²) in [6.07, 6.45) is -1.21. The highest BCUT2D eigenvalue weighted by Gasteiger charge is 2.12. The van der Waals surface area contributed by atoms with E-state index in [4.69, 9.17) is 5.11 Å². The Morgan fingerprint density at radius 1 is 1.47 bits per heavy atom. The lowest BCUT2D eigenvalue weighted by atomic mass is 10.1. The molecule has 0 unspecified atom stereocenters. The normalized spacial score (nSPS) is 12.2. The van der Waals surface area contributed by atoms with Gasteiger partial charge in [-0.05, 0) is 17.7 Å². The fourth-order valence-electron chi connectivity index (χ4n) is 1.29. The van der Waals surface area contributed by atoms with Crippen molar-refractivity contribution in [2.24, 2.45) is 0 Å². The largest absolute Gasteiger partial charge is 0.481 e. The number of carboxylic acids is 1. The monoisotopic (exact) mass is 209 g/mol. The molecule has 2 N–H and O–H groups in total. The van der Waals surface area contributed by atoms with Crippen LogP contribution in [0.3, 0.4) is 0 Å². The average Bonchev–Trinajstić information content (AvgIpc) is 2.17. The molecule has 4 nitrogen and oxygen atoms in total. The van der Waals surface area contributed by atoms with Crippen LogP contribution in [-0.2, 0) is 4.79 Å². The minimum atomic E-state index is -1.00. The Kier molecular flexibility index (Phi) is 3.68. The van der Waals surface area contributed by atoms with Crippen molar-refractivity contribution >= 4 is 11.7 Å². The number of hydrogen-bond acceptors (Lipinski definition) is 3. The van der Waals surface area contributed by atoms with E-state index in [2.05, 4.69) is 0 Å². The van der Waals surface area contributed by atoms with Crippen molar-refractivity contribution in [3.8, 4) is 0 Å². The van der Waals surface area contributed by atoms with E-state index in [0.29, 0.717) is 5.56 Å². The molecule has 0 saturated carbocycles. The van der Waals surface area contributed by atoms with Gasteiger partial charge in [-0.15, -0.1) is 0 Å². The molecule has 0 aliphatic carbocycles. The van der Waals surface area contributed by atoms with Gasteiger partial charge in [-0.2, -0.15) is 0 Å². The van der Waals surface area contributed by atoms with Gasteiger partial charge in [0.05, 0.1) is 12.5 Å². The van der Waals surface area contributed by atoms with Crippen molar-refractivity contribution in [2.75, 3.05) is 19.0 Å². The Morgan fingerprint density at radius 2 is 2.13 bits per heavy atom. The fraction of sp³-hybridized carbons (Fsp3) is 0.364. The molecule has 0 aliphatic heterocycles. The van der Waals surface area contributed by atoms with Gasteiger partial charge in [-0.1, -0.05) is 12.1 Å². The third-order valence-corrected chi connectivity index (χ3v) is 2.14. The second-order valence-corrected chi connectivity index (χ2v) is 3.60. The number of aliphatic hydroxyl groups is 1. The molecule has 0 amide bonds. The molecule has 82 valence electrons. The molecule has 0 aliphatic rings. The number of nitrogens with zero attached hydrogens (tertiary/aromatic N) is 1. The number of aliphatic carboxylic acids is 1. The molecular formula is C11H15NO3. The van der Waals surface area contributed by atoms with Crippen molar-refractivity contribution < 1.29 is 15.0 Å².